The normalized spacial score (nSPS) is 22.6. The van der Waals surface area contributed by atoms with Gasteiger partial charge in [0, 0.05) is 13.1 Å². The first-order valence-corrected chi connectivity index (χ1v) is 7.07. The number of rotatable bonds is 2. The summed E-state index contributed by atoms with van der Waals surface area (Å²) < 4.78 is 0. The summed E-state index contributed by atoms with van der Waals surface area (Å²) >= 11 is 0. The Kier molecular flexibility index (Phi) is 4.47. The summed E-state index contributed by atoms with van der Waals surface area (Å²) in [5, 5.41) is 0. The van der Waals surface area contributed by atoms with Crippen LogP contribution >= 0.6 is 0 Å². The summed E-state index contributed by atoms with van der Waals surface area (Å²) in [7, 11) is 1.91. The van der Waals surface area contributed by atoms with Crippen molar-refractivity contribution in [2.45, 2.75) is 72.4 Å². The lowest BCUT2D eigenvalue weighted by Gasteiger charge is -2.40. The van der Waals surface area contributed by atoms with Crippen molar-refractivity contribution >= 4 is 5.91 Å². The Hall–Kier alpha value is -0.570. The summed E-state index contributed by atoms with van der Waals surface area (Å²) in [4.78, 5) is 14.2. The summed E-state index contributed by atoms with van der Waals surface area (Å²) in [5.74, 6) is 0.0900. The quantitative estimate of drug-likeness (QED) is 0.823. The molecular weight excluding hydrogens is 224 g/mol. The molecule has 1 amide bonds. The van der Waals surface area contributed by atoms with Gasteiger partial charge in [-0.25, -0.2) is 0 Å². The summed E-state index contributed by atoms with van der Waals surface area (Å²) in [6, 6.07) is -0.0311. The second-order valence-electron chi connectivity index (χ2n) is 7.69. The van der Waals surface area contributed by atoms with Crippen LogP contribution in [0.5, 0.6) is 0 Å². The number of likely N-dealkylation sites (N-methyl/N-ethyl adjacent to an activating group) is 1. The van der Waals surface area contributed by atoms with E-state index in [1.54, 1.807) is 0 Å². The fourth-order valence-corrected chi connectivity index (χ4v) is 2.54. The Morgan fingerprint density at radius 2 is 1.72 bits per heavy atom. The van der Waals surface area contributed by atoms with Gasteiger partial charge in [0.2, 0.25) is 5.91 Å². The minimum atomic E-state index is -0.405. The number of amides is 1. The summed E-state index contributed by atoms with van der Waals surface area (Å²) in [6.45, 7) is 10.7. The SMILES string of the molecule is CN(C(=O)[C@@H](N)C(C)(C)C)C1CCC(C)(C)CC1. The van der Waals surface area contributed by atoms with Gasteiger partial charge in [-0.05, 0) is 36.5 Å². The topological polar surface area (TPSA) is 46.3 Å². The van der Waals surface area contributed by atoms with Gasteiger partial charge in [-0.1, -0.05) is 34.6 Å². The van der Waals surface area contributed by atoms with Gasteiger partial charge in [-0.3, -0.25) is 4.79 Å². The zero-order valence-electron chi connectivity index (χ0n) is 12.9. The largest absolute Gasteiger partial charge is 0.341 e. The van der Waals surface area contributed by atoms with E-state index in [0.29, 0.717) is 11.5 Å². The Bertz CT molecular complexity index is 294. The Balaban J connectivity index is 2.61. The Morgan fingerprint density at radius 3 is 2.11 bits per heavy atom. The van der Waals surface area contributed by atoms with Crippen molar-refractivity contribution in [1.29, 1.82) is 0 Å². The molecule has 0 bridgehead atoms. The molecule has 0 aromatic rings. The van der Waals surface area contributed by atoms with Gasteiger partial charge in [0.1, 0.15) is 0 Å². The van der Waals surface area contributed by atoms with Crippen molar-refractivity contribution < 1.29 is 4.79 Å². The van der Waals surface area contributed by atoms with Crippen LogP contribution in [0.2, 0.25) is 0 Å². The van der Waals surface area contributed by atoms with Crippen molar-refractivity contribution in [1.82, 2.24) is 4.90 Å². The lowest BCUT2D eigenvalue weighted by Crippen LogP contribution is -2.52. The first kappa shape index (κ1) is 15.5. The molecule has 2 N–H and O–H groups in total. The molecule has 1 saturated carbocycles. The third kappa shape index (κ3) is 3.71. The van der Waals surface area contributed by atoms with E-state index in [4.69, 9.17) is 5.73 Å². The molecule has 0 heterocycles. The molecule has 1 rings (SSSR count). The monoisotopic (exact) mass is 254 g/mol. The van der Waals surface area contributed by atoms with Gasteiger partial charge in [-0.2, -0.15) is 0 Å². The first-order valence-electron chi connectivity index (χ1n) is 7.07. The van der Waals surface area contributed by atoms with Gasteiger partial charge in [-0.15, -0.1) is 0 Å². The predicted molar refractivity (Wildman–Crippen MR) is 76.2 cm³/mol. The number of nitrogens with two attached hydrogens (primary N) is 1. The molecular formula is C15H30N2O. The van der Waals surface area contributed by atoms with Crippen molar-refractivity contribution in [3.05, 3.63) is 0 Å². The van der Waals surface area contributed by atoms with Crippen LogP contribution in [0.1, 0.15) is 60.3 Å². The maximum absolute atomic E-state index is 12.4. The average Bonchev–Trinajstić information content (AvgIpc) is 2.25. The average molecular weight is 254 g/mol. The maximum atomic E-state index is 12.4. The standard InChI is InChI=1S/C15H30N2O/c1-14(2,3)12(16)13(18)17(6)11-7-9-15(4,5)10-8-11/h11-12H,7-10,16H2,1-6H3/t12-/m1/s1. The lowest BCUT2D eigenvalue weighted by atomic mass is 9.75. The molecule has 3 nitrogen and oxygen atoms in total. The molecule has 3 heteroatoms. The van der Waals surface area contributed by atoms with Crippen LogP contribution < -0.4 is 5.73 Å². The lowest BCUT2D eigenvalue weighted by molar-refractivity contribution is -0.136. The van der Waals surface area contributed by atoms with Crippen LogP contribution in [-0.2, 0) is 4.79 Å². The molecule has 106 valence electrons. The molecule has 1 fully saturated rings. The van der Waals surface area contributed by atoms with Crippen LogP contribution in [-0.4, -0.2) is 29.9 Å². The van der Waals surface area contributed by atoms with Gasteiger partial charge in [0.15, 0.2) is 0 Å². The number of carbonyl (C=O) groups is 1. The van der Waals surface area contributed by atoms with E-state index in [1.165, 1.54) is 12.8 Å². The third-order valence-electron chi connectivity index (χ3n) is 4.40. The molecule has 0 aliphatic heterocycles. The Morgan fingerprint density at radius 1 is 1.28 bits per heavy atom. The van der Waals surface area contributed by atoms with E-state index in [1.807, 2.05) is 32.7 Å². The number of nitrogens with zero attached hydrogens (tertiary/aromatic N) is 1. The van der Waals surface area contributed by atoms with Gasteiger partial charge < -0.3 is 10.6 Å². The number of hydrogen-bond donors (Lipinski definition) is 1. The van der Waals surface area contributed by atoms with Crippen LogP contribution in [0, 0.1) is 10.8 Å². The highest BCUT2D eigenvalue weighted by Crippen LogP contribution is 2.37. The van der Waals surface area contributed by atoms with E-state index in [-0.39, 0.29) is 11.3 Å². The predicted octanol–water partition coefficient (Wildman–Crippen LogP) is 2.79. The molecule has 1 aliphatic rings. The smallest absolute Gasteiger partial charge is 0.240 e. The van der Waals surface area contributed by atoms with E-state index >= 15 is 0 Å². The van der Waals surface area contributed by atoms with Crippen molar-refractivity contribution in [2.75, 3.05) is 7.05 Å². The maximum Gasteiger partial charge on any atom is 0.240 e. The molecule has 0 aromatic carbocycles. The van der Waals surface area contributed by atoms with Gasteiger partial charge in [0.05, 0.1) is 6.04 Å². The minimum absolute atomic E-state index is 0.0900. The molecule has 1 atom stereocenters. The van der Waals surface area contributed by atoms with Crippen LogP contribution in [0.25, 0.3) is 0 Å². The summed E-state index contributed by atoms with van der Waals surface area (Å²) in [6.07, 6.45) is 4.60. The van der Waals surface area contributed by atoms with E-state index in [2.05, 4.69) is 13.8 Å². The van der Waals surface area contributed by atoms with Crippen molar-refractivity contribution in [3.8, 4) is 0 Å². The summed E-state index contributed by atoms with van der Waals surface area (Å²) in [5.41, 5.74) is 6.33. The van der Waals surface area contributed by atoms with E-state index in [9.17, 15) is 4.79 Å². The number of hydrogen-bond acceptors (Lipinski definition) is 2. The molecule has 0 radical (unpaired) electrons. The fraction of sp³-hybridized carbons (Fsp3) is 0.933. The van der Waals surface area contributed by atoms with Crippen LogP contribution in [0.15, 0.2) is 0 Å². The van der Waals surface area contributed by atoms with Crippen molar-refractivity contribution in [3.63, 3.8) is 0 Å². The van der Waals surface area contributed by atoms with Crippen molar-refractivity contribution in [2.24, 2.45) is 16.6 Å². The van der Waals surface area contributed by atoms with Crippen LogP contribution in [0.3, 0.4) is 0 Å². The highest BCUT2D eigenvalue weighted by molar-refractivity contribution is 5.82. The molecule has 0 saturated heterocycles. The fourth-order valence-electron chi connectivity index (χ4n) is 2.54. The highest BCUT2D eigenvalue weighted by Gasteiger charge is 2.35. The zero-order valence-corrected chi connectivity index (χ0v) is 12.9. The zero-order chi connectivity index (χ0) is 14.1. The second kappa shape index (κ2) is 5.20. The third-order valence-corrected chi connectivity index (χ3v) is 4.40. The minimum Gasteiger partial charge on any atom is -0.341 e. The Labute approximate surface area is 112 Å². The van der Waals surface area contributed by atoms with E-state index < -0.39 is 6.04 Å². The molecule has 0 aromatic heterocycles. The second-order valence-corrected chi connectivity index (χ2v) is 7.69. The first-order chi connectivity index (χ1) is 8.04. The van der Waals surface area contributed by atoms with Crippen LogP contribution in [0.4, 0.5) is 0 Å². The number of carbonyl (C=O) groups excluding carboxylic acids is 1. The molecule has 0 spiro atoms. The molecule has 0 unspecified atom stereocenters. The van der Waals surface area contributed by atoms with Gasteiger partial charge >= 0.3 is 0 Å². The molecule has 18 heavy (non-hydrogen) atoms. The molecule has 1 aliphatic carbocycles. The highest BCUT2D eigenvalue weighted by atomic mass is 16.2. The van der Waals surface area contributed by atoms with Gasteiger partial charge in [0.25, 0.3) is 0 Å². The van der Waals surface area contributed by atoms with E-state index in [0.717, 1.165) is 12.8 Å².